The number of benzene rings is 1. The Labute approximate surface area is 178 Å². The number of nitrogens with zero attached hydrogens (tertiary/aromatic N) is 5. The first kappa shape index (κ1) is 20.7. The van der Waals surface area contributed by atoms with Gasteiger partial charge in [-0.05, 0) is 57.0 Å². The van der Waals surface area contributed by atoms with E-state index < -0.39 is 0 Å². The number of ether oxygens (including phenoxy) is 1. The van der Waals surface area contributed by atoms with Gasteiger partial charge < -0.3 is 19.9 Å². The molecule has 8 nitrogen and oxygen atoms in total. The van der Waals surface area contributed by atoms with Gasteiger partial charge in [0.1, 0.15) is 18.1 Å². The number of rotatable bonds is 8. The van der Waals surface area contributed by atoms with Crippen molar-refractivity contribution in [2.75, 3.05) is 33.3 Å². The molecule has 0 bridgehead atoms. The SMILES string of the molecule is CCNC(=NCc1nnc2n1CCC2)NCC(c1ccc(OC)cc1)N1CCCC1. The Kier molecular flexibility index (Phi) is 6.84. The third-order valence-electron chi connectivity index (χ3n) is 5.95. The Balaban J connectivity index is 1.44. The van der Waals surface area contributed by atoms with Crippen LogP contribution >= 0.6 is 0 Å². The van der Waals surface area contributed by atoms with Crippen LogP contribution in [-0.4, -0.2) is 58.9 Å². The van der Waals surface area contributed by atoms with E-state index >= 15 is 0 Å². The van der Waals surface area contributed by atoms with E-state index in [1.165, 1.54) is 18.4 Å². The molecule has 162 valence electrons. The number of aromatic nitrogens is 3. The van der Waals surface area contributed by atoms with Gasteiger partial charge in [0.2, 0.25) is 0 Å². The molecule has 0 spiro atoms. The molecule has 0 aliphatic carbocycles. The lowest BCUT2D eigenvalue weighted by molar-refractivity contribution is 0.245. The monoisotopic (exact) mass is 411 g/mol. The van der Waals surface area contributed by atoms with Crippen LogP contribution in [0.1, 0.15) is 49.4 Å². The topological polar surface area (TPSA) is 79.6 Å². The number of hydrogen-bond acceptors (Lipinski definition) is 5. The summed E-state index contributed by atoms with van der Waals surface area (Å²) in [6, 6.07) is 8.74. The zero-order valence-electron chi connectivity index (χ0n) is 18.1. The summed E-state index contributed by atoms with van der Waals surface area (Å²) < 4.78 is 7.54. The first-order valence-corrected chi connectivity index (χ1v) is 11.1. The maximum atomic E-state index is 5.33. The molecule has 0 saturated carbocycles. The van der Waals surface area contributed by atoms with Crippen LogP contribution in [0.15, 0.2) is 29.3 Å². The molecule has 3 heterocycles. The minimum atomic E-state index is 0.305. The molecular formula is C22H33N7O. The van der Waals surface area contributed by atoms with Crippen molar-refractivity contribution >= 4 is 5.96 Å². The van der Waals surface area contributed by atoms with Crippen LogP contribution in [-0.2, 0) is 19.5 Å². The molecule has 1 aromatic carbocycles. The van der Waals surface area contributed by atoms with Gasteiger partial charge in [-0.2, -0.15) is 0 Å². The summed E-state index contributed by atoms with van der Waals surface area (Å²) >= 11 is 0. The molecule has 4 rings (SSSR count). The second-order valence-electron chi connectivity index (χ2n) is 7.90. The maximum absolute atomic E-state index is 5.33. The summed E-state index contributed by atoms with van der Waals surface area (Å²) in [6.07, 6.45) is 4.70. The lowest BCUT2D eigenvalue weighted by Crippen LogP contribution is -2.42. The summed E-state index contributed by atoms with van der Waals surface area (Å²) in [7, 11) is 1.71. The Morgan fingerprint density at radius 2 is 1.90 bits per heavy atom. The van der Waals surface area contributed by atoms with Crippen molar-refractivity contribution in [3.8, 4) is 5.75 Å². The van der Waals surface area contributed by atoms with Crippen LogP contribution in [0.25, 0.3) is 0 Å². The minimum Gasteiger partial charge on any atom is -0.497 e. The molecule has 8 heteroatoms. The molecular weight excluding hydrogens is 378 g/mol. The fraction of sp³-hybridized carbons (Fsp3) is 0.591. The molecule has 2 N–H and O–H groups in total. The maximum Gasteiger partial charge on any atom is 0.191 e. The van der Waals surface area contributed by atoms with Crippen LogP contribution in [0.4, 0.5) is 0 Å². The quantitative estimate of drug-likeness (QED) is 0.512. The number of nitrogens with one attached hydrogen (secondary N) is 2. The number of fused-ring (bicyclic) bond motifs is 1. The van der Waals surface area contributed by atoms with E-state index in [9.17, 15) is 0 Å². The number of methoxy groups -OCH3 is 1. The van der Waals surface area contributed by atoms with E-state index in [0.717, 1.165) is 68.9 Å². The highest BCUT2D eigenvalue weighted by molar-refractivity contribution is 5.79. The van der Waals surface area contributed by atoms with E-state index in [4.69, 9.17) is 9.73 Å². The Bertz CT molecular complexity index is 840. The lowest BCUT2D eigenvalue weighted by atomic mass is 10.1. The first-order chi connectivity index (χ1) is 14.8. The average molecular weight is 412 g/mol. The summed E-state index contributed by atoms with van der Waals surface area (Å²) in [5.74, 6) is 3.76. The van der Waals surface area contributed by atoms with Crippen LogP contribution < -0.4 is 15.4 Å². The Hall–Kier alpha value is -2.61. The molecule has 2 aliphatic heterocycles. The van der Waals surface area contributed by atoms with Crippen molar-refractivity contribution in [2.24, 2.45) is 4.99 Å². The van der Waals surface area contributed by atoms with Crippen molar-refractivity contribution in [2.45, 2.75) is 51.7 Å². The molecule has 2 aliphatic rings. The van der Waals surface area contributed by atoms with Crippen LogP contribution in [0.3, 0.4) is 0 Å². The molecule has 0 amide bonds. The van der Waals surface area contributed by atoms with Crippen LogP contribution in [0.5, 0.6) is 5.75 Å². The highest BCUT2D eigenvalue weighted by atomic mass is 16.5. The van der Waals surface area contributed by atoms with E-state index in [1.54, 1.807) is 7.11 Å². The summed E-state index contributed by atoms with van der Waals surface area (Å²) in [5, 5.41) is 15.5. The average Bonchev–Trinajstić information content (AvgIpc) is 3.52. The second kappa shape index (κ2) is 9.93. The molecule has 30 heavy (non-hydrogen) atoms. The summed E-state index contributed by atoms with van der Waals surface area (Å²) in [6.45, 7) is 7.53. The summed E-state index contributed by atoms with van der Waals surface area (Å²) in [4.78, 5) is 7.34. The number of likely N-dealkylation sites (tertiary alicyclic amines) is 1. The van der Waals surface area contributed by atoms with Crippen molar-refractivity contribution in [1.29, 1.82) is 0 Å². The van der Waals surface area contributed by atoms with Gasteiger partial charge in [-0.3, -0.25) is 4.90 Å². The highest BCUT2D eigenvalue weighted by Crippen LogP contribution is 2.26. The number of hydrogen-bond donors (Lipinski definition) is 2. The van der Waals surface area contributed by atoms with Crippen molar-refractivity contribution < 1.29 is 4.74 Å². The third kappa shape index (κ3) is 4.75. The fourth-order valence-corrected chi connectivity index (χ4v) is 4.35. The molecule has 1 unspecified atom stereocenters. The highest BCUT2D eigenvalue weighted by Gasteiger charge is 2.24. The van der Waals surface area contributed by atoms with E-state index in [1.807, 2.05) is 12.1 Å². The lowest BCUT2D eigenvalue weighted by Gasteiger charge is -2.29. The van der Waals surface area contributed by atoms with Crippen molar-refractivity contribution in [1.82, 2.24) is 30.3 Å². The van der Waals surface area contributed by atoms with E-state index in [-0.39, 0.29) is 0 Å². The number of aryl methyl sites for hydroxylation is 1. The first-order valence-electron chi connectivity index (χ1n) is 11.1. The summed E-state index contributed by atoms with van der Waals surface area (Å²) in [5.41, 5.74) is 1.30. The van der Waals surface area contributed by atoms with Crippen LogP contribution in [0.2, 0.25) is 0 Å². The van der Waals surface area contributed by atoms with Gasteiger partial charge in [0, 0.05) is 26.1 Å². The number of aliphatic imine (C=N–C) groups is 1. The molecule has 2 aromatic rings. The van der Waals surface area contributed by atoms with Gasteiger partial charge in [0.05, 0.1) is 13.2 Å². The van der Waals surface area contributed by atoms with Gasteiger partial charge in [0.25, 0.3) is 0 Å². The van der Waals surface area contributed by atoms with Gasteiger partial charge in [0.15, 0.2) is 11.8 Å². The normalized spacial score (nSPS) is 17.7. The van der Waals surface area contributed by atoms with E-state index in [0.29, 0.717) is 12.6 Å². The third-order valence-corrected chi connectivity index (χ3v) is 5.95. The number of guanidine groups is 1. The van der Waals surface area contributed by atoms with E-state index in [2.05, 4.69) is 49.4 Å². The molecule has 1 saturated heterocycles. The molecule has 0 radical (unpaired) electrons. The van der Waals surface area contributed by atoms with Gasteiger partial charge in [-0.1, -0.05) is 12.1 Å². The van der Waals surface area contributed by atoms with Crippen molar-refractivity contribution in [3.63, 3.8) is 0 Å². The Morgan fingerprint density at radius 1 is 1.10 bits per heavy atom. The smallest absolute Gasteiger partial charge is 0.191 e. The van der Waals surface area contributed by atoms with Gasteiger partial charge in [-0.25, -0.2) is 4.99 Å². The van der Waals surface area contributed by atoms with Crippen LogP contribution in [0, 0.1) is 0 Å². The standard InChI is InChI=1S/C22H33N7O/c1-3-23-22(25-16-21-27-26-20-7-6-14-29(20)21)24-15-19(28-12-4-5-13-28)17-8-10-18(30-2)11-9-17/h8-11,19H,3-7,12-16H2,1-2H3,(H2,23,24,25). The fourth-order valence-electron chi connectivity index (χ4n) is 4.35. The Morgan fingerprint density at radius 3 is 2.63 bits per heavy atom. The largest absolute Gasteiger partial charge is 0.497 e. The second-order valence-corrected chi connectivity index (χ2v) is 7.90. The molecule has 1 aromatic heterocycles. The minimum absolute atomic E-state index is 0.305. The predicted octanol–water partition coefficient (Wildman–Crippen LogP) is 2.13. The van der Waals surface area contributed by atoms with Crippen molar-refractivity contribution in [3.05, 3.63) is 41.5 Å². The predicted molar refractivity (Wildman–Crippen MR) is 118 cm³/mol. The zero-order valence-corrected chi connectivity index (χ0v) is 18.1. The molecule has 1 atom stereocenters. The van der Waals surface area contributed by atoms with Gasteiger partial charge >= 0.3 is 0 Å². The molecule has 1 fully saturated rings. The van der Waals surface area contributed by atoms with Gasteiger partial charge in [-0.15, -0.1) is 10.2 Å². The zero-order chi connectivity index (χ0) is 20.8.